The van der Waals surface area contributed by atoms with Crippen LogP contribution in [0.25, 0.3) is 0 Å². The molecule has 0 amide bonds. The highest BCUT2D eigenvalue weighted by Gasteiger charge is 2.09. The quantitative estimate of drug-likeness (QED) is 0.841. The smallest absolute Gasteiger partial charge is 0.0294 e. The molecule has 1 N–H and O–H groups in total. The molecule has 15 heavy (non-hydrogen) atoms. The Kier molecular flexibility index (Phi) is 5.34. The van der Waals surface area contributed by atoms with Crippen molar-refractivity contribution in [3.05, 3.63) is 34.3 Å². The van der Waals surface area contributed by atoms with Gasteiger partial charge in [-0.25, -0.2) is 0 Å². The first-order valence-electron chi connectivity index (χ1n) is 5.68. The average molecular weight is 270 g/mol. The van der Waals surface area contributed by atoms with Crippen LogP contribution in [0.2, 0.25) is 0 Å². The van der Waals surface area contributed by atoms with Gasteiger partial charge in [-0.15, -0.1) is 0 Å². The summed E-state index contributed by atoms with van der Waals surface area (Å²) in [6.07, 6.45) is 2.38. The van der Waals surface area contributed by atoms with Gasteiger partial charge in [0.25, 0.3) is 0 Å². The molecule has 1 aromatic carbocycles. The Labute approximate surface area is 101 Å². The number of halogens is 1. The Hall–Kier alpha value is -0.340. The molecule has 1 unspecified atom stereocenters. The normalized spacial score (nSPS) is 13.1. The van der Waals surface area contributed by atoms with Gasteiger partial charge < -0.3 is 5.32 Å². The molecular weight excluding hydrogens is 250 g/mol. The zero-order valence-electron chi connectivity index (χ0n) is 9.76. The lowest BCUT2D eigenvalue weighted by Gasteiger charge is -2.21. The van der Waals surface area contributed by atoms with Crippen molar-refractivity contribution in [3.8, 4) is 0 Å². The van der Waals surface area contributed by atoms with Crippen LogP contribution in [-0.2, 0) is 0 Å². The van der Waals surface area contributed by atoms with Crippen LogP contribution in [0.15, 0.2) is 28.7 Å². The molecule has 0 aliphatic carbocycles. The third-order valence-corrected chi connectivity index (χ3v) is 3.31. The Balaban J connectivity index is 2.64. The molecule has 0 aromatic heterocycles. The number of benzene rings is 1. The summed E-state index contributed by atoms with van der Waals surface area (Å²) in [4.78, 5) is 0. The molecule has 0 radical (unpaired) electrons. The van der Waals surface area contributed by atoms with E-state index in [0.717, 1.165) is 4.47 Å². The molecule has 0 aliphatic rings. The zero-order valence-corrected chi connectivity index (χ0v) is 11.3. The van der Waals surface area contributed by atoms with E-state index in [4.69, 9.17) is 0 Å². The minimum atomic E-state index is 0.424. The van der Waals surface area contributed by atoms with Crippen molar-refractivity contribution in [2.24, 2.45) is 0 Å². The molecule has 0 saturated heterocycles. The Bertz CT molecular complexity index is 294. The molecule has 1 nitrogen and oxygen atoms in total. The third-order valence-electron chi connectivity index (χ3n) is 2.82. The number of rotatable bonds is 5. The maximum atomic E-state index is 3.64. The summed E-state index contributed by atoms with van der Waals surface area (Å²) in [7, 11) is 0. The maximum absolute atomic E-state index is 3.64. The summed E-state index contributed by atoms with van der Waals surface area (Å²) >= 11 is 3.50. The standard InChI is InChI=1S/C13H20BrN/c1-4-13(5-2)15-10(3)11-7-6-8-12(14)9-11/h6-10,13,15H,4-5H2,1-3H3. The van der Waals surface area contributed by atoms with E-state index in [1.165, 1.54) is 18.4 Å². The van der Waals surface area contributed by atoms with Crippen LogP contribution >= 0.6 is 15.9 Å². The van der Waals surface area contributed by atoms with E-state index in [0.29, 0.717) is 12.1 Å². The first-order chi connectivity index (χ1) is 7.17. The van der Waals surface area contributed by atoms with Gasteiger partial charge in [0.2, 0.25) is 0 Å². The molecule has 1 atom stereocenters. The molecular formula is C13H20BrN. The molecule has 0 spiro atoms. The second kappa shape index (κ2) is 6.29. The summed E-state index contributed by atoms with van der Waals surface area (Å²) in [5.74, 6) is 0. The van der Waals surface area contributed by atoms with E-state index in [9.17, 15) is 0 Å². The third kappa shape index (κ3) is 3.96. The SMILES string of the molecule is CCC(CC)NC(C)c1cccc(Br)c1. The van der Waals surface area contributed by atoms with Crippen LogP contribution in [0.3, 0.4) is 0 Å². The van der Waals surface area contributed by atoms with Gasteiger partial charge in [-0.1, -0.05) is 41.9 Å². The highest BCUT2D eigenvalue weighted by Crippen LogP contribution is 2.18. The number of nitrogens with one attached hydrogen (secondary N) is 1. The van der Waals surface area contributed by atoms with Gasteiger partial charge in [-0.3, -0.25) is 0 Å². The van der Waals surface area contributed by atoms with Crippen LogP contribution < -0.4 is 5.32 Å². The fraction of sp³-hybridized carbons (Fsp3) is 0.538. The molecule has 0 fully saturated rings. The summed E-state index contributed by atoms with van der Waals surface area (Å²) in [6.45, 7) is 6.68. The van der Waals surface area contributed by atoms with E-state index in [2.05, 4.69) is 66.3 Å². The van der Waals surface area contributed by atoms with Crippen molar-refractivity contribution in [3.63, 3.8) is 0 Å². The van der Waals surface area contributed by atoms with Crippen molar-refractivity contribution in [1.82, 2.24) is 5.32 Å². The van der Waals surface area contributed by atoms with E-state index in [1.54, 1.807) is 0 Å². The summed E-state index contributed by atoms with van der Waals surface area (Å²) in [6, 6.07) is 9.55. The van der Waals surface area contributed by atoms with E-state index in [1.807, 2.05) is 0 Å². The Morgan fingerprint density at radius 2 is 1.93 bits per heavy atom. The van der Waals surface area contributed by atoms with Gasteiger partial charge in [0, 0.05) is 16.6 Å². The summed E-state index contributed by atoms with van der Waals surface area (Å²) in [5.41, 5.74) is 1.34. The van der Waals surface area contributed by atoms with Crippen molar-refractivity contribution in [1.29, 1.82) is 0 Å². The van der Waals surface area contributed by atoms with Gasteiger partial charge >= 0.3 is 0 Å². The van der Waals surface area contributed by atoms with Crippen molar-refractivity contribution >= 4 is 15.9 Å². The second-order valence-electron chi connectivity index (χ2n) is 3.96. The van der Waals surface area contributed by atoms with E-state index in [-0.39, 0.29) is 0 Å². The number of hydrogen-bond acceptors (Lipinski definition) is 1. The van der Waals surface area contributed by atoms with Crippen LogP contribution in [0.1, 0.15) is 45.2 Å². The first-order valence-corrected chi connectivity index (χ1v) is 6.48. The van der Waals surface area contributed by atoms with Crippen molar-refractivity contribution in [2.45, 2.75) is 45.7 Å². The van der Waals surface area contributed by atoms with Crippen LogP contribution in [0, 0.1) is 0 Å². The lowest BCUT2D eigenvalue weighted by atomic mass is 10.1. The molecule has 84 valence electrons. The predicted molar refractivity (Wildman–Crippen MR) is 70.1 cm³/mol. The summed E-state index contributed by atoms with van der Waals surface area (Å²) < 4.78 is 1.15. The highest BCUT2D eigenvalue weighted by molar-refractivity contribution is 9.10. The minimum absolute atomic E-state index is 0.424. The van der Waals surface area contributed by atoms with Crippen LogP contribution in [0.4, 0.5) is 0 Å². The lowest BCUT2D eigenvalue weighted by Crippen LogP contribution is -2.30. The van der Waals surface area contributed by atoms with Gasteiger partial charge in [0.1, 0.15) is 0 Å². The fourth-order valence-corrected chi connectivity index (χ4v) is 2.17. The van der Waals surface area contributed by atoms with Gasteiger partial charge in [-0.2, -0.15) is 0 Å². The Morgan fingerprint density at radius 1 is 1.27 bits per heavy atom. The summed E-state index contributed by atoms with van der Waals surface area (Å²) in [5, 5.41) is 3.64. The minimum Gasteiger partial charge on any atom is -0.307 e. The van der Waals surface area contributed by atoms with Gasteiger partial charge in [0.05, 0.1) is 0 Å². The molecule has 0 bridgehead atoms. The predicted octanol–water partition coefficient (Wildman–Crippen LogP) is 4.29. The lowest BCUT2D eigenvalue weighted by molar-refractivity contribution is 0.432. The first kappa shape index (κ1) is 12.7. The van der Waals surface area contributed by atoms with Crippen LogP contribution in [-0.4, -0.2) is 6.04 Å². The molecule has 1 aromatic rings. The molecule has 0 heterocycles. The molecule has 0 saturated carbocycles. The molecule has 2 heteroatoms. The van der Waals surface area contributed by atoms with Gasteiger partial charge in [0.15, 0.2) is 0 Å². The highest BCUT2D eigenvalue weighted by atomic mass is 79.9. The van der Waals surface area contributed by atoms with E-state index < -0.39 is 0 Å². The van der Waals surface area contributed by atoms with Gasteiger partial charge in [-0.05, 0) is 37.5 Å². The number of hydrogen-bond donors (Lipinski definition) is 1. The molecule has 0 aliphatic heterocycles. The zero-order chi connectivity index (χ0) is 11.3. The van der Waals surface area contributed by atoms with Crippen molar-refractivity contribution in [2.75, 3.05) is 0 Å². The largest absolute Gasteiger partial charge is 0.307 e. The monoisotopic (exact) mass is 269 g/mol. The maximum Gasteiger partial charge on any atom is 0.0294 e. The second-order valence-corrected chi connectivity index (χ2v) is 4.87. The topological polar surface area (TPSA) is 12.0 Å². The fourth-order valence-electron chi connectivity index (χ4n) is 1.75. The van der Waals surface area contributed by atoms with E-state index >= 15 is 0 Å². The Morgan fingerprint density at radius 3 is 2.47 bits per heavy atom. The molecule has 1 rings (SSSR count). The average Bonchev–Trinajstić information content (AvgIpc) is 2.25. The van der Waals surface area contributed by atoms with Crippen molar-refractivity contribution < 1.29 is 0 Å². The van der Waals surface area contributed by atoms with Crippen LogP contribution in [0.5, 0.6) is 0 Å².